The minimum Gasteiger partial charge on any atom is -0.480 e. The van der Waals surface area contributed by atoms with Crippen LogP contribution in [0.3, 0.4) is 0 Å². The van der Waals surface area contributed by atoms with Crippen molar-refractivity contribution in [3.8, 4) is 11.6 Å². The molecule has 8 rings (SSSR count). The number of anilines is 2. The fourth-order valence-corrected chi connectivity index (χ4v) is 8.58. The van der Waals surface area contributed by atoms with Crippen molar-refractivity contribution >= 4 is 34.9 Å². The molecule has 11 nitrogen and oxygen atoms in total. The zero-order chi connectivity index (χ0) is 31.6. The van der Waals surface area contributed by atoms with Gasteiger partial charge < -0.3 is 30.2 Å². The molecular weight excluding hydrogens is 617 g/mol. The van der Waals surface area contributed by atoms with E-state index in [0.717, 1.165) is 70.9 Å². The van der Waals surface area contributed by atoms with Gasteiger partial charge in [0.1, 0.15) is 23.5 Å². The summed E-state index contributed by atoms with van der Waals surface area (Å²) in [4.78, 5) is 38.6. The van der Waals surface area contributed by atoms with Crippen LogP contribution in [0.1, 0.15) is 48.9 Å². The van der Waals surface area contributed by atoms with E-state index < -0.39 is 35.9 Å². The van der Waals surface area contributed by atoms with Crippen molar-refractivity contribution in [2.24, 2.45) is 17.8 Å². The predicted molar refractivity (Wildman–Crippen MR) is 156 cm³/mol. The van der Waals surface area contributed by atoms with Gasteiger partial charge in [0, 0.05) is 42.0 Å². The third kappa shape index (κ3) is 5.54. The van der Waals surface area contributed by atoms with Crippen LogP contribution in [-0.2, 0) is 9.53 Å². The molecular formula is C30H34ClF3N6O5. The van der Waals surface area contributed by atoms with E-state index in [9.17, 15) is 22.8 Å². The lowest BCUT2D eigenvalue weighted by molar-refractivity contribution is -0.274. The minimum atomic E-state index is -4.94. The predicted octanol–water partition coefficient (Wildman–Crippen LogP) is 4.24. The Morgan fingerprint density at radius 3 is 2.56 bits per heavy atom. The Labute approximate surface area is 262 Å². The van der Waals surface area contributed by atoms with Crippen LogP contribution in [0, 0.1) is 17.8 Å². The minimum absolute atomic E-state index is 0.0159. The van der Waals surface area contributed by atoms with Crippen LogP contribution in [0.25, 0.3) is 0 Å². The van der Waals surface area contributed by atoms with Gasteiger partial charge in [0.05, 0.1) is 31.3 Å². The number of ether oxygens (including phenoxy) is 3. The smallest absolute Gasteiger partial charge is 0.480 e. The molecule has 5 saturated carbocycles. The number of methoxy groups -OCH3 is 1. The average Bonchev–Trinajstić information content (AvgIpc) is 3.57. The number of aromatic nitrogens is 2. The Morgan fingerprint density at radius 2 is 1.84 bits per heavy atom. The van der Waals surface area contributed by atoms with Gasteiger partial charge >= 0.3 is 6.36 Å². The number of alkyl halides is 3. The molecule has 4 atom stereocenters. The van der Waals surface area contributed by atoms with Crippen LogP contribution in [0.15, 0.2) is 24.5 Å². The lowest BCUT2D eigenvalue weighted by atomic mass is 9.43. The van der Waals surface area contributed by atoms with E-state index >= 15 is 0 Å². The number of benzene rings is 1. The van der Waals surface area contributed by atoms with E-state index in [-0.39, 0.29) is 45.1 Å². The van der Waals surface area contributed by atoms with Crippen molar-refractivity contribution in [2.75, 3.05) is 44.0 Å². The lowest BCUT2D eigenvalue weighted by Crippen LogP contribution is -2.82. The fraction of sp³-hybridized carbons (Fsp3) is 0.600. The first-order valence-corrected chi connectivity index (χ1v) is 15.5. The third-order valence-electron chi connectivity index (χ3n) is 10.2. The molecule has 1 aromatic heterocycles. The summed E-state index contributed by atoms with van der Waals surface area (Å²) in [5, 5.41) is 9.09. The highest BCUT2D eigenvalue weighted by Crippen LogP contribution is 2.65. The van der Waals surface area contributed by atoms with Crippen LogP contribution in [0.2, 0.25) is 5.02 Å². The summed E-state index contributed by atoms with van der Waals surface area (Å²) >= 11 is 5.87. The van der Waals surface area contributed by atoms with Crippen LogP contribution >= 0.6 is 11.6 Å². The van der Waals surface area contributed by atoms with Crippen LogP contribution in [0.4, 0.5) is 24.7 Å². The maximum absolute atomic E-state index is 13.9. The largest absolute Gasteiger partial charge is 0.573 e. The first-order valence-electron chi connectivity index (χ1n) is 15.2. The van der Waals surface area contributed by atoms with E-state index in [1.807, 2.05) is 0 Å². The summed E-state index contributed by atoms with van der Waals surface area (Å²) in [6.45, 7) is 3.32. The summed E-state index contributed by atoms with van der Waals surface area (Å²) in [6, 6.07) is 3.17. The second-order valence-electron chi connectivity index (χ2n) is 12.9. The van der Waals surface area contributed by atoms with Crippen LogP contribution < -0.4 is 25.4 Å². The van der Waals surface area contributed by atoms with Gasteiger partial charge in [-0.15, -0.1) is 13.2 Å². The maximum Gasteiger partial charge on any atom is 0.573 e. The molecule has 15 heteroatoms. The third-order valence-corrected chi connectivity index (χ3v) is 10.6. The Bertz CT molecular complexity index is 1490. The average molecular weight is 651 g/mol. The zero-order valence-corrected chi connectivity index (χ0v) is 25.3. The zero-order valence-electron chi connectivity index (χ0n) is 24.6. The number of carbonyl (C=O) groups excluding carboxylic acids is 2. The molecule has 3 N–H and O–H groups in total. The Hall–Kier alpha value is -3.36. The van der Waals surface area contributed by atoms with Crippen LogP contribution in [-0.4, -0.2) is 83.6 Å². The second kappa shape index (κ2) is 11.2. The number of hydrogen-bond acceptors (Lipinski definition) is 9. The molecule has 2 amide bonds. The topological polar surface area (TPSA) is 127 Å². The number of nitrogens with one attached hydrogen (secondary N) is 3. The van der Waals surface area contributed by atoms with Crippen molar-refractivity contribution in [1.82, 2.24) is 20.2 Å². The molecule has 6 aliphatic rings. The molecule has 0 unspecified atom stereocenters. The molecule has 0 radical (unpaired) electrons. The first kappa shape index (κ1) is 30.3. The summed E-state index contributed by atoms with van der Waals surface area (Å²) in [5.74, 6) is -1.45. The fourth-order valence-electron chi connectivity index (χ4n) is 8.42. The number of hydrogen-bond donors (Lipinski definition) is 3. The van der Waals surface area contributed by atoms with Crippen molar-refractivity contribution in [3.05, 3.63) is 35.1 Å². The summed E-state index contributed by atoms with van der Waals surface area (Å²) in [6.07, 6.45) is 1.68. The quantitative estimate of drug-likeness (QED) is 0.365. The van der Waals surface area contributed by atoms with E-state index in [0.29, 0.717) is 5.82 Å². The van der Waals surface area contributed by atoms with Gasteiger partial charge in [0.15, 0.2) is 0 Å². The number of morpholine rings is 1. The van der Waals surface area contributed by atoms with Crippen molar-refractivity contribution in [2.45, 2.75) is 62.0 Å². The number of fused-ring (bicyclic) bond motifs is 2. The van der Waals surface area contributed by atoms with Gasteiger partial charge in [0.25, 0.3) is 5.91 Å². The molecule has 1 aromatic carbocycles. The summed E-state index contributed by atoms with van der Waals surface area (Å²) < 4.78 is 53.5. The standard InChI is InChI=1S/C30H34ClF3N6O5/c1-43-27-22(24(35-15-36-27)39-28-12-29(13-28,14-28)40-6-8-44-9-7-40)26(42)38-23-17-3-2-16(10-17)21(23)25(41)37-18-4-5-19(31)20(11-18)45-30(32,33)34/h4-5,11,15-17,21,23H,2-3,6-10,12-14H2,1H3,(H,37,41)(H,38,42)(H,35,36,39)/t16-,17+,21+,23-,28?,29?/m1/s1. The molecule has 2 heterocycles. The molecule has 2 aromatic rings. The second-order valence-corrected chi connectivity index (χ2v) is 13.3. The van der Waals surface area contributed by atoms with Crippen LogP contribution in [0.5, 0.6) is 11.6 Å². The van der Waals surface area contributed by atoms with Crippen molar-refractivity contribution < 1.29 is 37.0 Å². The van der Waals surface area contributed by atoms with E-state index in [4.69, 9.17) is 21.1 Å². The molecule has 1 saturated heterocycles. The van der Waals surface area contributed by atoms with E-state index in [1.165, 1.54) is 25.6 Å². The molecule has 45 heavy (non-hydrogen) atoms. The van der Waals surface area contributed by atoms with Gasteiger partial charge in [-0.05, 0) is 62.5 Å². The normalized spacial score (nSPS) is 31.8. The van der Waals surface area contributed by atoms with E-state index in [2.05, 4.69) is 35.6 Å². The van der Waals surface area contributed by atoms with Crippen molar-refractivity contribution in [1.29, 1.82) is 0 Å². The number of carbonyl (C=O) groups is 2. The van der Waals surface area contributed by atoms with Gasteiger partial charge in [-0.25, -0.2) is 9.97 Å². The highest BCUT2D eigenvalue weighted by Gasteiger charge is 2.70. The molecule has 242 valence electrons. The number of nitrogens with zero attached hydrogens (tertiary/aromatic N) is 3. The molecule has 0 spiro atoms. The number of halogens is 4. The SMILES string of the molecule is COc1ncnc(NC23CC(N4CCOCC4)(C2)C3)c1C(=O)N[C@@H]1[C@H]2CC[C@H](C2)[C@@H]1C(=O)Nc1ccc(Cl)c(OC(F)(F)F)c1. The number of amides is 2. The molecule has 4 bridgehead atoms. The highest BCUT2D eigenvalue weighted by atomic mass is 35.5. The van der Waals surface area contributed by atoms with Gasteiger partial charge in [0.2, 0.25) is 11.8 Å². The summed E-state index contributed by atoms with van der Waals surface area (Å²) in [5.41, 5.74) is 0.298. The first-order chi connectivity index (χ1) is 21.5. The molecule has 1 aliphatic heterocycles. The molecule has 5 aliphatic carbocycles. The van der Waals surface area contributed by atoms with Gasteiger partial charge in [-0.2, -0.15) is 0 Å². The summed E-state index contributed by atoms with van der Waals surface area (Å²) in [7, 11) is 1.44. The monoisotopic (exact) mass is 650 g/mol. The Morgan fingerprint density at radius 1 is 1.11 bits per heavy atom. The Kier molecular flexibility index (Phi) is 7.52. The van der Waals surface area contributed by atoms with Gasteiger partial charge in [-0.3, -0.25) is 14.5 Å². The molecule has 6 fully saturated rings. The maximum atomic E-state index is 13.9. The lowest BCUT2D eigenvalue weighted by Gasteiger charge is -2.74. The van der Waals surface area contributed by atoms with Crippen molar-refractivity contribution in [3.63, 3.8) is 0 Å². The highest BCUT2D eigenvalue weighted by molar-refractivity contribution is 6.32. The number of rotatable bonds is 9. The van der Waals surface area contributed by atoms with Gasteiger partial charge in [-0.1, -0.05) is 11.6 Å². The van der Waals surface area contributed by atoms with E-state index in [1.54, 1.807) is 0 Å². The Balaban J connectivity index is 1.06.